The number of nitro groups is 1. The summed E-state index contributed by atoms with van der Waals surface area (Å²) in [5.41, 5.74) is 1.16. The zero-order chi connectivity index (χ0) is 14.5. The molecule has 7 nitrogen and oxygen atoms in total. The Bertz CT molecular complexity index is 627. The summed E-state index contributed by atoms with van der Waals surface area (Å²) < 4.78 is 33.6. The summed E-state index contributed by atoms with van der Waals surface area (Å²) in [7, 11) is -4.67. The first kappa shape index (κ1) is 15.6. The van der Waals surface area contributed by atoms with E-state index < -0.39 is 10.4 Å². The van der Waals surface area contributed by atoms with Gasteiger partial charge in [-0.05, 0) is 12.1 Å². The Balaban J connectivity index is 0.000000312. The van der Waals surface area contributed by atoms with Crippen molar-refractivity contribution in [2.45, 2.75) is 0 Å². The van der Waals surface area contributed by atoms with Crippen LogP contribution in [0.5, 0.6) is 0 Å². The summed E-state index contributed by atoms with van der Waals surface area (Å²) in [6, 6.07) is 6.60. The smallest absolute Gasteiger partial charge is 0.264 e. The molecule has 0 saturated carbocycles. The largest absolute Gasteiger partial charge is 0.394 e. The van der Waals surface area contributed by atoms with Crippen molar-refractivity contribution in [3.05, 3.63) is 44.5 Å². The predicted octanol–water partition coefficient (Wildman–Crippen LogP) is 3.01. The van der Waals surface area contributed by atoms with Crippen LogP contribution in [0.1, 0.15) is 0 Å². The van der Waals surface area contributed by atoms with Crippen molar-refractivity contribution >= 4 is 38.8 Å². The summed E-state index contributed by atoms with van der Waals surface area (Å²) in [5, 5.41) is 12.4. The second kappa shape index (κ2) is 6.63. The molecule has 0 fully saturated rings. The molecule has 0 aliphatic heterocycles. The molecular formula is C9H8NO6S3+. The third-order valence-electron chi connectivity index (χ3n) is 1.77. The number of non-ortho nitro benzene ring substituents is 1. The van der Waals surface area contributed by atoms with Gasteiger partial charge in [-0.3, -0.25) is 19.2 Å². The van der Waals surface area contributed by atoms with Crippen molar-refractivity contribution in [3.63, 3.8) is 0 Å². The van der Waals surface area contributed by atoms with Crippen LogP contribution in [0.4, 0.5) is 5.69 Å². The van der Waals surface area contributed by atoms with Crippen molar-refractivity contribution in [1.29, 1.82) is 0 Å². The highest BCUT2D eigenvalue weighted by Gasteiger charge is 2.09. The number of hydrogen-bond donors (Lipinski definition) is 2. The molecule has 10 heteroatoms. The number of nitro benzene ring substituents is 1. The third kappa shape index (κ3) is 6.31. The molecule has 2 N–H and O–H groups in total. The first-order chi connectivity index (χ1) is 8.77. The number of rotatable bonds is 2. The molecule has 1 aromatic carbocycles. The summed E-state index contributed by atoms with van der Waals surface area (Å²) >= 11 is 3.27. The Morgan fingerprint density at radius 2 is 1.74 bits per heavy atom. The molecule has 0 atom stereocenters. The van der Waals surface area contributed by atoms with Gasteiger partial charge in [0.05, 0.1) is 27.6 Å². The highest BCUT2D eigenvalue weighted by molar-refractivity contribution is 7.79. The summed E-state index contributed by atoms with van der Waals surface area (Å²) in [6.07, 6.45) is 0. The Morgan fingerprint density at radius 3 is 2.11 bits per heavy atom. The maximum atomic E-state index is 10.4. The van der Waals surface area contributed by atoms with E-state index in [9.17, 15) is 10.1 Å². The standard InChI is InChI=1S/C9H6NO2S2.H2O4S/c11-10(12)8-3-1-7(2-4-8)9-5-13-6-14-9;1-5(2,3)4/h1-6H;(H2,1,2,3,4)/q+1;. The minimum atomic E-state index is -4.67. The molecule has 0 amide bonds. The highest BCUT2D eigenvalue weighted by Crippen LogP contribution is 2.28. The van der Waals surface area contributed by atoms with E-state index in [0.717, 1.165) is 10.4 Å². The van der Waals surface area contributed by atoms with Crippen LogP contribution in [-0.4, -0.2) is 22.4 Å². The Labute approximate surface area is 116 Å². The molecule has 1 heterocycles. The lowest BCUT2D eigenvalue weighted by Gasteiger charge is -1.92. The molecule has 0 unspecified atom stereocenters. The van der Waals surface area contributed by atoms with Gasteiger partial charge in [0.2, 0.25) is 4.69 Å². The van der Waals surface area contributed by atoms with Gasteiger partial charge in [-0.15, -0.1) is 0 Å². The van der Waals surface area contributed by atoms with E-state index in [1.165, 1.54) is 12.1 Å². The third-order valence-corrected chi connectivity index (χ3v) is 3.73. The van der Waals surface area contributed by atoms with Gasteiger partial charge in [0, 0.05) is 17.7 Å². The van der Waals surface area contributed by atoms with Crippen LogP contribution in [0, 0.1) is 10.1 Å². The molecule has 19 heavy (non-hydrogen) atoms. The van der Waals surface area contributed by atoms with Gasteiger partial charge < -0.3 is 0 Å². The minimum Gasteiger partial charge on any atom is -0.264 e. The molecule has 0 aliphatic rings. The number of nitrogens with zero attached hydrogens (tertiary/aromatic N) is 1. The summed E-state index contributed by atoms with van der Waals surface area (Å²) in [5.74, 6) is 0. The summed E-state index contributed by atoms with van der Waals surface area (Å²) in [6.45, 7) is 0. The van der Waals surface area contributed by atoms with E-state index in [4.69, 9.17) is 17.5 Å². The number of hydrogen-bond acceptors (Lipinski definition) is 5. The molecule has 0 aliphatic carbocycles. The van der Waals surface area contributed by atoms with Gasteiger partial charge in [0.25, 0.3) is 5.69 Å². The van der Waals surface area contributed by atoms with E-state index in [1.807, 2.05) is 10.1 Å². The van der Waals surface area contributed by atoms with Crippen LogP contribution >= 0.6 is 22.7 Å². The van der Waals surface area contributed by atoms with Crippen LogP contribution in [0.25, 0.3) is 10.4 Å². The fourth-order valence-electron chi connectivity index (χ4n) is 1.08. The Kier molecular flexibility index (Phi) is 5.44. The molecule has 0 radical (unpaired) electrons. The van der Waals surface area contributed by atoms with E-state index in [1.54, 1.807) is 34.8 Å². The van der Waals surface area contributed by atoms with Crippen molar-refractivity contribution < 1.29 is 22.4 Å². The lowest BCUT2D eigenvalue weighted by molar-refractivity contribution is -0.384. The molecule has 0 bridgehead atoms. The van der Waals surface area contributed by atoms with Crippen LogP contribution in [-0.2, 0) is 10.4 Å². The highest BCUT2D eigenvalue weighted by atomic mass is 32.3. The first-order valence-electron chi connectivity index (χ1n) is 4.56. The normalized spacial score (nSPS) is 10.4. The van der Waals surface area contributed by atoms with Crippen molar-refractivity contribution in [2.75, 3.05) is 0 Å². The van der Waals surface area contributed by atoms with Crippen LogP contribution in [0.3, 0.4) is 0 Å². The van der Waals surface area contributed by atoms with Crippen molar-refractivity contribution in [3.8, 4) is 10.4 Å². The molecule has 102 valence electrons. The second-order valence-corrected chi connectivity index (χ2v) is 5.93. The van der Waals surface area contributed by atoms with Crippen LogP contribution < -0.4 is 0 Å². The molecule has 2 aromatic rings. The quantitative estimate of drug-likeness (QED) is 0.380. The first-order valence-corrected chi connectivity index (χ1v) is 7.78. The van der Waals surface area contributed by atoms with E-state index in [-0.39, 0.29) is 10.6 Å². The number of benzene rings is 1. The van der Waals surface area contributed by atoms with Crippen molar-refractivity contribution in [2.24, 2.45) is 0 Å². The van der Waals surface area contributed by atoms with Gasteiger partial charge in [-0.1, -0.05) is 0 Å². The predicted molar refractivity (Wildman–Crippen MR) is 72.9 cm³/mol. The van der Waals surface area contributed by atoms with Gasteiger partial charge in [0.15, 0.2) is 4.88 Å². The maximum absolute atomic E-state index is 10.4. The van der Waals surface area contributed by atoms with Crippen LogP contribution in [0.2, 0.25) is 0 Å². The van der Waals surface area contributed by atoms with Crippen molar-refractivity contribution in [1.82, 2.24) is 0 Å². The van der Waals surface area contributed by atoms with E-state index in [0.29, 0.717) is 0 Å². The zero-order valence-electron chi connectivity index (χ0n) is 9.16. The SMILES string of the molecule is O=S(=O)(O)O.O=[N+]([O-])c1ccc(-c2c[s+]cs2)cc1. The monoisotopic (exact) mass is 322 g/mol. The Morgan fingerprint density at radius 1 is 1.21 bits per heavy atom. The molecule has 0 spiro atoms. The zero-order valence-corrected chi connectivity index (χ0v) is 11.6. The van der Waals surface area contributed by atoms with Gasteiger partial charge in [-0.25, -0.2) is 0 Å². The lowest BCUT2D eigenvalue weighted by Crippen LogP contribution is -1.89. The fourth-order valence-corrected chi connectivity index (χ4v) is 2.86. The molecule has 1 aromatic heterocycles. The lowest BCUT2D eigenvalue weighted by atomic mass is 10.2. The fraction of sp³-hybridized carbons (Fsp3) is 0. The second-order valence-electron chi connectivity index (χ2n) is 3.08. The van der Waals surface area contributed by atoms with E-state index >= 15 is 0 Å². The molecule has 2 rings (SSSR count). The minimum absolute atomic E-state index is 0.133. The average Bonchev–Trinajstić information content (AvgIpc) is 2.80. The Hall–Kier alpha value is -1.46. The topological polar surface area (TPSA) is 118 Å². The van der Waals surface area contributed by atoms with E-state index in [2.05, 4.69) is 0 Å². The molecule has 0 saturated heterocycles. The maximum Gasteiger partial charge on any atom is 0.394 e. The molecular weight excluding hydrogens is 314 g/mol. The average molecular weight is 322 g/mol. The van der Waals surface area contributed by atoms with Gasteiger partial charge >= 0.3 is 10.4 Å². The summed E-state index contributed by atoms with van der Waals surface area (Å²) in [4.78, 5) is 11.2. The van der Waals surface area contributed by atoms with Gasteiger partial charge in [-0.2, -0.15) is 8.42 Å². The van der Waals surface area contributed by atoms with Gasteiger partial charge in [0.1, 0.15) is 5.38 Å². The van der Waals surface area contributed by atoms with Crippen LogP contribution in [0.15, 0.2) is 34.3 Å².